The molecule has 1 fully saturated rings. The summed E-state index contributed by atoms with van der Waals surface area (Å²) in [6.45, 7) is 2.37. The maximum Gasteiger partial charge on any atom is 0.183 e. The van der Waals surface area contributed by atoms with Gasteiger partial charge in [0.1, 0.15) is 0 Å². The van der Waals surface area contributed by atoms with Crippen LogP contribution < -0.4 is 0 Å². The summed E-state index contributed by atoms with van der Waals surface area (Å²) in [5.41, 5.74) is 0. The summed E-state index contributed by atoms with van der Waals surface area (Å²) in [5.74, 6) is 2.00. The van der Waals surface area contributed by atoms with Gasteiger partial charge < -0.3 is 0 Å². The van der Waals surface area contributed by atoms with Gasteiger partial charge in [-0.3, -0.25) is 0 Å². The van der Waals surface area contributed by atoms with Crippen LogP contribution in [-0.4, -0.2) is 10.2 Å². The first kappa shape index (κ1) is 11.7. The number of thiazole rings is 1. The van der Waals surface area contributed by atoms with E-state index in [-0.39, 0.29) is 0 Å². The molecule has 1 heterocycles. The molecule has 1 saturated carbocycles. The van der Waals surface area contributed by atoms with E-state index in [2.05, 4.69) is 23.7 Å². The second kappa shape index (κ2) is 5.55. The number of hydrogen-bond acceptors (Lipinski definition) is 3. The molecule has 0 saturated heterocycles. The molecule has 1 aliphatic carbocycles. The van der Waals surface area contributed by atoms with Crippen LogP contribution in [0.1, 0.15) is 37.5 Å². The molecular formula is C11H16ClNS2. The average molecular weight is 262 g/mol. The first-order valence-corrected chi connectivity index (χ1v) is 7.70. The van der Waals surface area contributed by atoms with Crippen LogP contribution in [0.15, 0.2) is 6.20 Å². The Kier molecular flexibility index (Phi) is 4.35. The molecule has 1 aliphatic rings. The van der Waals surface area contributed by atoms with E-state index in [0.29, 0.717) is 4.47 Å². The number of aromatic nitrogens is 1. The quantitative estimate of drug-likeness (QED) is 0.788. The summed E-state index contributed by atoms with van der Waals surface area (Å²) in [4.78, 5) is 5.37. The van der Waals surface area contributed by atoms with Gasteiger partial charge in [-0.1, -0.05) is 31.4 Å². The van der Waals surface area contributed by atoms with Crippen LogP contribution in [0.4, 0.5) is 0 Å². The molecule has 0 spiro atoms. The monoisotopic (exact) mass is 261 g/mol. The van der Waals surface area contributed by atoms with E-state index < -0.39 is 0 Å². The molecule has 0 N–H and O–H groups in total. The molecule has 1 nitrogen and oxygen atoms in total. The van der Waals surface area contributed by atoms with Crippen molar-refractivity contribution in [3.63, 3.8) is 0 Å². The third-order valence-corrected chi connectivity index (χ3v) is 5.55. The number of thioether (sulfide) groups is 1. The number of hydrogen-bond donors (Lipinski definition) is 0. The molecule has 0 radical (unpaired) electrons. The van der Waals surface area contributed by atoms with Crippen molar-refractivity contribution in [1.82, 2.24) is 4.98 Å². The highest BCUT2D eigenvalue weighted by Gasteiger charge is 2.19. The fraction of sp³-hybridized carbons (Fsp3) is 0.727. The molecular weight excluding hydrogens is 246 g/mol. The van der Waals surface area contributed by atoms with E-state index >= 15 is 0 Å². The van der Waals surface area contributed by atoms with Gasteiger partial charge in [0.15, 0.2) is 4.47 Å². The van der Waals surface area contributed by atoms with Crippen LogP contribution >= 0.6 is 34.7 Å². The number of rotatable bonds is 3. The van der Waals surface area contributed by atoms with E-state index in [1.54, 1.807) is 11.3 Å². The lowest BCUT2D eigenvalue weighted by molar-refractivity contribution is 0.394. The summed E-state index contributed by atoms with van der Waals surface area (Å²) in [6, 6.07) is 0. The topological polar surface area (TPSA) is 12.9 Å². The van der Waals surface area contributed by atoms with Gasteiger partial charge in [0.05, 0.1) is 0 Å². The Morgan fingerprint density at radius 1 is 1.60 bits per heavy atom. The van der Waals surface area contributed by atoms with E-state index in [4.69, 9.17) is 11.6 Å². The van der Waals surface area contributed by atoms with Gasteiger partial charge >= 0.3 is 0 Å². The van der Waals surface area contributed by atoms with Gasteiger partial charge in [0.25, 0.3) is 0 Å². The maximum atomic E-state index is 5.80. The lowest BCUT2D eigenvalue weighted by Crippen LogP contribution is -2.15. The molecule has 1 aromatic heterocycles. The molecule has 1 aromatic rings. The lowest BCUT2D eigenvalue weighted by Gasteiger charge is -2.25. The Balaban J connectivity index is 1.77. The van der Waals surface area contributed by atoms with Crippen LogP contribution in [0.5, 0.6) is 0 Å². The predicted molar refractivity (Wildman–Crippen MR) is 69.8 cm³/mol. The maximum absolute atomic E-state index is 5.80. The third-order valence-electron chi connectivity index (χ3n) is 2.87. The zero-order valence-corrected chi connectivity index (χ0v) is 11.3. The zero-order valence-electron chi connectivity index (χ0n) is 8.91. The summed E-state index contributed by atoms with van der Waals surface area (Å²) in [6.07, 6.45) is 7.51. The van der Waals surface area contributed by atoms with Crippen LogP contribution in [0.2, 0.25) is 4.47 Å². The lowest BCUT2D eigenvalue weighted by atomic mass is 9.91. The summed E-state index contributed by atoms with van der Waals surface area (Å²) in [7, 11) is 0. The zero-order chi connectivity index (χ0) is 10.7. The van der Waals surface area contributed by atoms with Gasteiger partial charge in [0, 0.05) is 22.1 Å². The molecule has 84 valence electrons. The Morgan fingerprint density at radius 2 is 2.47 bits per heavy atom. The summed E-state index contributed by atoms with van der Waals surface area (Å²) in [5, 5.41) is 0.856. The summed E-state index contributed by atoms with van der Waals surface area (Å²) >= 11 is 9.49. The molecule has 0 aliphatic heterocycles. The standard InChI is InChI=1S/C11H16ClNS2/c1-8-3-2-4-9(5-8)14-7-10-6-13-11(12)15-10/h6,8-9H,2-5,7H2,1H3. The highest BCUT2D eigenvalue weighted by atomic mass is 35.5. The van der Waals surface area contributed by atoms with Crippen molar-refractivity contribution >= 4 is 34.7 Å². The van der Waals surface area contributed by atoms with E-state index in [1.165, 1.54) is 30.6 Å². The second-order valence-electron chi connectivity index (χ2n) is 4.28. The van der Waals surface area contributed by atoms with Crippen LogP contribution in [0.25, 0.3) is 0 Å². The molecule has 0 amide bonds. The normalized spacial score (nSPS) is 26.8. The van der Waals surface area contributed by atoms with Crippen molar-refractivity contribution in [3.05, 3.63) is 15.5 Å². The van der Waals surface area contributed by atoms with Crippen molar-refractivity contribution in [2.24, 2.45) is 5.92 Å². The summed E-state index contributed by atoms with van der Waals surface area (Å²) < 4.78 is 0.669. The molecule has 15 heavy (non-hydrogen) atoms. The predicted octanol–water partition coefficient (Wildman–Crippen LogP) is 4.61. The van der Waals surface area contributed by atoms with Crippen molar-refractivity contribution in [2.45, 2.75) is 43.6 Å². The van der Waals surface area contributed by atoms with Crippen molar-refractivity contribution in [2.75, 3.05) is 0 Å². The molecule has 2 rings (SSSR count). The van der Waals surface area contributed by atoms with Crippen molar-refractivity contribution in [3.8, 4) is 0 Å². The van der Waals surface area contributed by atoms with Gasteiger partial charge in [-0.25, -0.2) is 4.98 Å². The van der Waals surface area contributed by atoms with E-state index in [9.17, 15) is 0 Å². The number of nitrogens with zero attached hydrogens (tertiary/aromatic N) is 1. The molecule has 2 atom stereocenters. The minimum Gasteiger partial charge on any atom is -0.233 e. The smallest absolute Gasteiger partial charge is 0.183 e. The first-order valence-electron chi connectivity index (χ1n) is 5.46. The SMILES string of the molecule is CC1CCCC(SCc2cnc(Cl)s2)C1. The Labute approximate surface area is 105 Å². The largest absolute Gasteiger partial charge is 0.233 e. The van der Waals surface area contributed by atoms with Gasteiger partial charge in [-0.2, -0.15) is 11.8 Å². The Bertz CT molecular complexity index is 313. The van der Waals surface area contributed by atoms with Crippen molar-refractivity contribution < 1.29 is 0 Å². The van der Waals surface area contributed by atoms with Crippen LogP contribution in [0.3, 0.4) is 0 Å². The van der Waals surface area contributed by atoms with E-state index in [1.807, 2.05) is 6.20 Å². The van der Waals surface area contributed by atoms with Crippen LogP contribution in [-0.2, 0) is 5.75 Å². The highest BCUT2D eigenvalue weighted by Crippen LogP contribution is 2.34. The van der Waals surface area contributed by atoms with Crippen LogP contribution in [0, 0.1) is 5.92 Å². The first-order chi connectivity index (χ1) is 7.24. The number of halogens is 1. The second-order valence-corrected chi connectivity index (χ2v) is 7.27. The molecule has 2 unspecified atom stereocenters. The van der Waals surface area contributed by atoms with Gasteiger partial charge in [-0.05, 0) is 18.8 Å². The fourth-order valence-corrected chi connectivity index (χ4v) is 4.57. The Morgan fingerprint density at radius 3 is 3.13 bits per heavy atom. The third kappa shape index (κ3) is 3.65. The molecule has 0 aromatic carbocycles. The average Bonchev–Trinajstić information content (AvgIpc) is 2.62. The minimum atomic E-state index is 0.669. The van der Waals surface area contributed by atoms with Gasteiger partial charge in [0.2, 0.25) is 0 Å². The van der Waals surface area contributed by atoms with Crippen molar-refractivity contribution in [1.29, 1.82) is 0 Å². The minimum absolute atomic E-state index is 0.669. The molecule has 4 heteroatoms. The van der Waals surface area contributed by atoms with Gasteiger partial charge in [-0.15, -0.1) is 11.3 Å². The highest BCUT2D eigenvalue weighted by molar-refractivity contribution is 7.99. The van der Waals surface area contributed by atoms with E-state index in [0.717, 1.165) is 16.9 Å². The molecule has 0 bridgehead atoms. The Hall–Kier alpha value is 0.270. The fourth-order valence-electron chi connectivity index (χ4n) is 2.08.